The average Bonchev–Trinajstić information content (AvgIpc) is 2.97. The van der Waals surface area contributed by atoms with E-state index in [-0.39, 0.29) is 0 Å². The van der Waals surface area contributed by atoms with Gasteiger partial charge in [0.05, 0.1) is 0 Å². The quantitative estimate of drug-likeness (QED) is 0.841. The molecule has 1 aromatic carbocycles. The number of hydrogen-bond acceptors (Lipinski definition) is 4. The highest BCUT2D eigenvalue weighted by atomic mass is 15.3. The van der Waals surface area contributed by atoms with E-state index in [1.165, 1.54) is 17.7 Å². The Kier molecular flexibility index (Phi) is 4.04. The summed E-state index contributed by atoms with van der Waals surface area (Å²) in [4.78, 5) is 13.6. The Morgan fingerprint density at radius 2 is 2.10 bits per heavy atom. The fraction of sp³-hybridized carbons (Fsp3) is 0.412. The number of anilines is 3. The molecule has 21 heavy (non-hydrogen) atoms. The summed E-state index contributed by atoms with van der Waals surface area (Å²) in [5, 5.41) is 0. The van der Waals surface area contributed by atoms with Crippen LogP contribution >= 0.6 is 0 Å². The summed E-state index contributed by atoms with van der Waals surface area (Å²) in [5.74, 6) is 1.80. The summed E-state index contributed by atoms with van der Waals surface area (Å²) in [5.41, 5.74) is 2.68. The predicted molar refractivity (Wildman–Crippen MR) is 87.4 cm³/mol. The molecular weight excluding hydrogens is 260 g/mol. The van der Waals surface area contributed by atoms with Crippen molar-refractivity contribution in [2.75, 3.05) is 29.9 Å². The number of rotatable bonds is 5. The van der Waals surface area contributed by atoms with Crippen molar-refractivity contribution < 1.29 is 0 Å². The summed E-state index contributed by atoms with van der Waals surface area (Å²) in [7, 11) is 2.06. The second kappa shape index (κ2) is 6.12. The zero-order valence-corrected chi connectivity index (χ0v) is 12.8. The van der Waals surface area contributed by atoms with E-state index in [1.807, 2.05) is 12.3 Å². The lowest BCUT2D eigenvalue weighted by molar-refractivity contribution is 0.749. The maximum atomic E-state index is 4.75. The second-order valence-electron chi connectivity index (χ2n) is 5.52. The molecule has 3 rings (SSSR count). The summed E-state index contributed by atoms with van der Waals surface area (Å²) in [6.07, 6.45) is 5.29. The molecule has 0 radical (unpaired) electrons. The molecule has 2 aromatic rings. The first-order valence-electron chi connectivity index (χ1n) is 7.69. The van der Waals surface area contributed by atoms with Crippen molar-refractivity contribution in [2.24, 2.45) is 0 Å². The molecule has 0 bridgehead atoms. The number of unbranched alkanes of at least 4 members (excludes halogenated alkanes) is 1. The summed E-state index contributed by atoms with van der Waals surface area (Å²) in [6.45, 7) is 4.19. The van der Waals surface area contributed by atoms with Crippen LogP contribution in [0.3, 0.4) is 0 Å². The molecule has 0 aliphatic carbocycles. The van der Waals surface area contributed by atoms with Gasteiger partial charge in [-0.05, 0) is 30.5 Å². The number of nitrogens with zero attached hydrogens (tertiary/aromatic N) is 4. The van der Waals surface area contributed by atoms with Crippen LogP contribution in [0.25, 0.3) is 0 Å². The van der Waals surface area contributed by atoms with Gasteiger partial charge in [0.15, 0.2) is 0 Å². The Balaban J connectivity index is 1.84. The van der Waals surface area contributed by atoms with E-state index in [4.69, 9.17) is 4.98 Å². The van der Waals surface area contributed by atoms with E-state index in [0.29, 0.717) is 0 Å². The van der Waals surface area contributed by atoms with Crippen molar-refractivity contribution in [1.29, 1.82) is 0 Å². The fourth-order valence-corrected chi connectivity index (χ4v) is 2.74. The van der Waals surface area contributed by atoms with E-state index in [0.717, 1.165) is 37.7 Å². The first kappa shape index (κ1) is 13.9. The van der Waals surface area contributed by atoms with Crippen LogP contribution in [-0.2, 0) is 6.42 Å². The van der Waals surface area contributed by atoms with Crippen molar-refractivity contribution in [3.05, 3.63) is 42.1 Å². The van der Waals surface area contributed by atoms with Gasteiger partial charge in [0.1, 0.15) is 5.82 Å². The lowest BCUT2D eigenvalue weighted by atomic mass is 10.2. The third kappa shape index (κ3) is 2.84. The topological polar surface area (TPSA) is 32.3 Å². The van der Waals surface area contributed by atoms with Gasteiger partial charge in [0.25, 0.3) is 0 Å². The van der Waals surface area contributed by atoms with Gasteiger partial charge >= 0.3 is 0 Å². The van der Waals surface area contributed by atoms with Gasteiger partial charge in [-0.2, -0.15) is 4.98 Å². The van der Waals surface area contributed by atoms with Gasteiger partial charge in [-0.1, -0.05) is 31.5 Å². The predicted octanol–water partition coefficient (Wildman–Crippen LogP) is 3.41. The Bertz CT molecular complexity index is 611. The molecule has 0 spiro atoms. The van der Waals surface area contributed by atoms with E-state index < -0.39 is 0 Å². The molecule has 4 nitrogen and oxygen atoms in total. The molecule has 1 aromatic heterocycles. The zero-order valence-electron chi connectivity index (χ0n) is 12.8. The van der Waals surface area contributed by atoms with Crippen molar-refractivity contribution >= 4 is 17.5 Å². The molecule has 0 fully saturated rings. The SMILES string of the molecule is CCCCN(C)c1nccc(N2CCc3ccccc32)n1. The Labute approximate surface area is 126 Å². The fourth-order valence-electron chi connectivity index (χ4n) is 2.74. The minimum Gasteiger partial charge on any atom is -0.344 e. The third-order valence-electron chi connectivity index (χ3n) is 3.98. The van der Waals surface area contributed by atoms with Gasteiger partial charge in [-0.25, -0.2) is 4.98 Å². The zero-order chi connectivity index (χ0) is 14.7. The third-order valence-corrected chi connectivity index (χ3v) is 3.98. The molecule has 0 N–H and O–H groups in total. The molecule has 110 valence electrons. The summed E-state index contributed by atoms with van der Waals surface area (Å²) < 4.78 is 0. The van der Waals surface area contributed by atoms with Gasteiger partial charge in [-0.3, -0.25) is 0 Å². The van der Waals surface area contributed by atoms with Crippen LogP contribution in [0.1, 0.15) is 25.3 Å². The van der Waals surface area contributed by atoms with Crippen LogP contribution in [0.5, 0.6) is 0 Å². The van der Waals surface area contributed by atoms with Crippen LogP contribution < -0.4 is 9.80 Å². The van der Waals surface area contributed by atoms with Crippen molar-refractivity contribution in [3.8, 4) is 0 Å². The molecular formula is C17H22N4. The van der Waals surface area contributed by atoms with Gasteiger partial charge in [0, 0.05) is 32.0 Å². The van der Waals surface area contributed by atoms with E-state index in [1.54, 1.807) is 0 Å². The van der Waals surface area contributed by atoms with Crippen LogP contribution in [0.15, 0.2) is 36.5 Å². The number of hydrogen-bond donors (Lipinski definition) is 0. The molecule has 4 heteroatoms. The lowest BCUT2D eigenvalue weighted by Crippen LogP contribution is -2.22. The smallest absolute Gasteiger partial charge is 0.227 e. The molecule has 0 amide bonds. The summed E-state index contributed by atoms with van der Waals surface area (Å²) >= 11 is 0. The normalized spacial score (nSPS) is 13.3. The monoisotopic (exact) mass is 282 g/mol. The highest BCUT2D eigenvalue weighted by molar-refractivity contribution is 5.67. The largest absolute Gasteiger partial charge is 0.344 e. The minimum absolute atomic E-state index is 0.810. The molecule has 0 saturated heterocycles. The molecule has 2 heterocycles. The highest BCUT2D eigenvalue weighted by Gasteiger charge is 2.21. The van der Waals surface area contributed by atoms with Crippen molar-refractivity contribution in [3.63, 3.8) is 0 Å². The summed E-state index contributed by atoms with van der Waals surface area (Å²) in [6, 6.07) is 10.6. The first-order valence-corrected chi connectivity index (χ1v) is 7.69. The Morgan fingerprint density at radius 1 is 1.24 bits per heavy atom. The standard InChI is InChI=1S/C17H22N4/c1-3-4-12-20(2)17-18-11-9-16(19-17)21-13-10-14-7-5-6-8-15(14)21/h5-9,11H,3-4,10,12-13H2,1-2H3. The van der Waals surface area contributed by atoms with E-state index in [9.17, 15) is 0 Å². The maximum Gasteiger partial charge on any atom is 0.227 e. The molecule has 1 aliphatic rings. The van der Waals surface area contributed by atoms with Crippen LogP contribution in [0, 0.1) is 0 Å². The minimum atomic E-state index is 0.810. The van der Waals surface area contributed by atoms with Gasteiger partial charge in [0.2, 0.25) is 5.95 Å². The van der Waals surface area contributed by atoms with Crippen LogP contribution in [-0.4, -0.2) is 30.1 Å². The number of aromatic nitrogens is 2. The Morgan fingerprint density at radius 3 is 2.95 bits per heavy atom. The van der Waals surface area contributed by atoms with E-state index >= 15 is 0 Å². The number of fused-ring (bicyclic) bond motifs is 1. The lowest BCUT2D eigenvalue weighted by Gasteiger charge is -2.21. The maximum absolute atomic E-state index is 4.75. The van der Waals surface area contributed by atoms with Gasteiger partial charge in [-0.15, -0.1) is 0 Å². The Hall–Kier alpha value is -2.10. The molecule has 1 aliphatic heterocycles. The van der Waals surface area contributed by atoms with Crippen LogP contribution in [0.2, 0.25) is 0 Å². The van der Waals surface area contributed by atoms with Crippen molar-refractivity contribution in [2.45, 2.75) is 26.2 Å². The first-order chi connectivity index (χ1) is 10.3. The van der Waals surface area contributed by atoms with E-state index in [2.05, 4.69) is 53.0 Å². The van der Waals surface area contributed by atoms with Gasteiger partial charge < -0.3 is 9.80 Å². The highest BCUT2D eigenvalue weighted by Crippen LogP contribution is 2.33. The average molecular weight is 282 g/mol. The number of para-hydroxylation sites is 1. The van der Waals surface area contributed by atoms with Crippen LogP contribution in [0.4, 0.5) is 17.5 Å². The molecule has 0 saturated carbocycles. The van der Waals surface area contributed by atoms with Crippen molar-refractivity contribution in [1.82, 2.24) is 9.97 Å². The number of benzene rings is 1. The molecule has 0 atom stereocenters. The molecule has 0 unspecified atom stereocenters. The second-order valence-corrected chi connectivity index (χ2v) is 5.52.